The second-order valence-electron chi connectivity index (χ2n) is 5.43. The van der Waals surface area contributed by atoms with Crippen LogP contribution < -0.4 is 15.0 Å². The lowest BCUT2D eigenvalue weighted by atomic mass is 10.3. The predicted molar refractivity (Wildman–Crippen MR) is 102 cm³/mol. The molecule has 144 valence electrons. The molecule has 1 saturated heterocycles. The minimum absolute atomic E-state index is 0.558. The number of halogens is 1. The van der Waals surface area contributed by atoms with Crippen LogP contribution in [0.15, 0.2) is 29.0 Å². The predicted octanol–water partition coefficient (Wildman–Crippen LogP) is 2.14. The third kappa shape index (κ3) is 8.82. The van der Waals surface area contributed by atoms with Gasteiger partial charge >= 0.3 is 11.9 Å². The maximum Gasteiger partial charge on any atom is 0.328 e. The van der Waals surface area contributed by atoms with Crippen molar-refractivity contribution in [3.05, 3.63) is 29.0 Å². The Kier molecular flexibility index (Phi) is 10.3. The van der Waals surface area contributed by atoms with Crippen molar-refractivity contribution in [3.8, 4) is 5.75 Å². The molecule has 2 rings (SSSR count). The summed E-state index contributed by atoms with van der Waals surface area (Å²) in [6.45, 7) is 7.05. The van der Waals surface area contributed by atoms with E-state index in [-0.39, 0.29) is 0 Å². The number of rotatable bonds is 6. The maximum atomic E-state index is 9.55. The molecule has 2 heterocycles. The van der Waals surface area contributed by atoms with Gasteiger partial charge in [-0.15, -0.1) is 0 Å². The number of nitrogens with one attached hydrogen (secondary N) is 1. The quantitative estimate of drug-likeness (QED) is 0.465. The average molecular weight is 430 g/mol. The van der Waals surface area contributed by atoms with Crippen LogP contribution in [0.2, 0.25) is 0 Å². The van der Waals surface area contributed by atoms with E-state index in [0.717, 1.165) is 55.2 Å². The molecule has 1 fully saturated rings. The van der Waals surface area contributed by atoms with Gasteiger partial charge in [0.2, 0.25) is 0 Å². The number of aliphatic carboxylic acids is 2. The number of anilines is 1. The molecule has 0 amide bonds. The zero-order valence-electron chi connectivity index (χ0n) is 14.7. The minimum Gasteiger partial charge on any atom is -0.491 e. The number of carboxylic acids is 2. The molecule has 0 unspecified atom stereocenters. The number of carboxylic acid groups (broad SMARTS) is 2. The van der Waals surface area contributed by atoms with Crippen molar-refractivity contribution < 1.29 is 24.5 Å². The minimum atomic E-state index is -1.26. The van der Waals surface area contributed by atoms with Crippen LogP contribution in [0.25, 0.3) is 0 Å². The van der Waals surface area contributed by atoms with E-state index in [2.05, 4.69) is 44.1 Å². The van der Waals surface area contributed by atoms with Crippen LogP contribution in [0.3, 0.4) is 0 Å². The molecular formula is C17H24BrN3O5. The molecular weight excluding hydrogens is 406 g/mol. The van der Waals surface area contributed by atoms with Gasteiger partial charge in [0, 0.05) is 37.9 Å². The summed E-state index contributed by atoms with van der Waals surface area (Å²) in [4.78, 5) is 25.8. The number of carbonyl (C=O) groups is 2. The van der Waals surface area contributed by atoms with Crippen LogP contribution in [0.4, 0.5) is 5.69 Å². The van der Waals surface area contributed by atoms with E-state index in [4.69, 9.17) is 14.9 Å². The normalized spacial score (nSPS) is 14.3. The summed E-state index contributed by atoms with van der Waals surface area (Å²) in [5.74, 6) is -1.67. The summed E-state index contributed by atoms with van der Waals surface area (Å²) in [6, 6.07) is 2.08. The van der Waals surface area contributed by atoms with Crippen LogP contribution in [0.5, 0.6) is 5.75 Å². The van der Waals surface area contributed by atoms with Crippen LogP contribution in [-0.4, -0.2) is 59.9 Å². The zero-order chi connectivity index (χ0) is 19.4. The van der Waals surface area contributed by atoms with Crippen LogP contribution in [0, 0.1) is 0 Å². The summed E-state index contributed by atoms with van der Waals surface area (Å²) in [5.41, 5.74) is 1.15. The Morgan fingerprint density at radius 3 is 2.62 bits per heavy atom. The van der Waals surface area contributed by atoms with Crippen molar-refractivity contribution in [1.29, 1.82) is 0 Å². The molecule has 1 aromatic rings. The van der Waals surface area contributed by atoms with E-state index in [1.54, 1.807) is 0 Å². The largest absolute Gasteiger partial charge is 0.491 e. The van der Waals surface area contributed by atoms with E-state index >= 15 is 0 Å². The van der Waals surface area contributed by atoms with E-state index < -0.39 is 11.9 Å². The van der Waals surface area contributed by atoms with Crippen LogP contribution >= 0.6 is 15.9 Å². The van der Waals surface area contributed by atoms with E-state index in [9.17, 15) is 9.59 Å². The third-order valence-electron chi connectivity index (χ3n) is 3.33. The number of aromatic nitrogens is 1. The Balaban J connectivity index is 0.000000359. The Bertz CT molecular complexity index is 600. The van der Waals surface area contributed by atoms with Crippen molar-refractivity contribution in [2.45, 2.75) is 19.8 Å². The third-order valence-corrected chi connectivity index (χ3v) is 3.92. The lowest BCUT2D eigenvalue weighted by Crippen LogP contribution is -2.27. The van der Waals surface area contributed by atoms with Gasteiger partial charge in [-0.2, -0.15) is 0 Å². The lowest BCUT2D eigenvalue weighted by Gasteiger charge is -2.22. The zero-order valence-corrected chi connectivity index (χ0v) is 16.2. The highest BCUT2D eigenvalue weighted by atomic mass is 79.9. The molecule has 1 aliphatic rings. The van der Waals surface area contributed by atoms with Gasteiger partial charge in [0.25, 0.3) is 0 Å². The van der Waals surface area contributed by atoms with Crippen molar-refractivity contribution in [2.24, 2.45) is 0 Å². The second-order valence-corrected chi connectivity index (χ2v) is 6.18. The smallest absolute Gasteiger partial charge is 0.328 e. The first-order valence-electron chi connectivity index (χ1n) is 8.32. The van der Waals surface area contributed by atoms with Gasteiger partial charge < -0.3 is 25.2 Å². The van der Waals surface area contributed by atoms with Crippen molar-refractivity contribution in [2.75, 3.05) is 37.7 Å². The summed E-state index contributed by atoms with van der Waals surface area (Å²) in [6.07, 6.45) is 5.20. The second kappa shape index (κ2) is 12.3. The topological polar surface area (TPSA) is 112 Å². The highest BCUT2D eigenvalue weighted by molar-refractivity contribution is 9.10. The standard InChI is InChI=1S/C13H20BrN3O.C4H4O4/c1-2-8-18-12-9-11(10-16-13(12)14)17-6-3-4-15-5-7-17;5-3(6)1-2-4(7)8/h9-10,15H,2-8H2,1H3;1-2H,(H,5,6)(H,7,8)/b;2-1+. The number of nitrogens with zero attached hydrogens (tertiary/aromatic N) is 2. The molecule has 0 aliphatic carbocycles. The Hall–Kier alpha value is -2.13. The number of pyridine rings is 1. The molecule has 9 heteroatoms. The molecule has 0 radical (unpaired) electrons. The molecule has 0 spiro atoms. The fourth-order valence-corrected chi connectivity index (χ4v) is 2.48. The highest BCUT2D eigenvalue weighted by Gasteiger charge is 2.12. The molecule has 0 saturated carbocycles. The molecule has 0 bridgehead atoms. The lowest BCUT2D eigenvalue weighted by molar-refractivity contribution is -0.134. The highest BCUT2D eigenvalue weighted by Crippen LogP contribution is 2.28. The van der Waals surface area contributed by atoms with Crippen LogP contribution in [-0.2, 0) is 9.59 Å². The van der Waals surface area contributed by atoms with E-state index in [1.165, 1.54) is 6.42 Å². The van der Waals surface area contributed by atoms with Gasteiger partial charge in [0.15, 0.2) is 5.75 Å². The average Bonchev–Trinajstić information content (AvgIpc) is 2.89. The number of hydrogen-bond acceptors (Lipinski definition) is 6. The van der Waals surface area contributed by atoms with Gasteiger partial charge in [-0.1, -0.05) is 6.92 Å². The fraction of sp³-hybridized carbons (Fsp3) is 0.471. The summed E-state index contributed by atoms with van der Waals surface area (Å²) >= 11 is 3.43. The molecule has 8 nitrogen and oxygen atoms in total. The van der Waals surface area contributed by atoms with Gasteiger partial charge in [-0.05, 0) is 35.3 Å². The SMILES string of the molecule is CCCOc1cc(N2CCCNCC2)cnc1Br.O=C(O)/C=C/C(=O)O. The van der Waals surface area contributed by atoms with Gasteiger partial charge in [-0.25, -0.2) is 14.6 Å². The Morgan fingerprint density at radius 1 is 1.31 bits per heavy atom. The summed E-state index contributed by atoms with van der Waals surface area (Å²) < 4.78 is 6.48. The number of ether oxygens (including phenoxy) is 1. The fourth-order valence-electron chi connectivity index (χ4n) is 2.15. The summed E-state index contributed by atoms with van der Waals surface area (Å²) in [7, 11) is 0. The van der Waals surface area contributed by atoms with Crippen molar-refractivity contribution >= 4 is 33.6 Å². The van der Waals surface area contributed by atoms with Gasteiger partial charge in [0.1, 0.15) is 4.60 Å². The number of hydrogen-bond donors (Lipinski definition) is 3. The Labute approximate surface area is 161 Å². The molecule has 1 aromatic heterocycles. The van der Waals surface area contributed by atoms with E-state index in [1.807, 2.05) is 6.20 Å². The van der Waals surface area contributed by atoms with Gasteiger partial charge in [-0.3, -0.25) is 0 Å². The molecule has 3 N–H and O–H groups in total. The van der Waals surface area contributed by atoms with Crippen LogP contribution in [0.1, 0.15) is 19.8 Å². The Morgan fingerprint density at radius 2 is 2.00 bits per heavy atom. The van der Waals surface area contributed by atoms with Crippen molar-refractivity contribution in [3.63, 3.8) is 0 Å². The molecule has 0 aromatic carbocycles. The summed E-state index contributed by atoms with van der Waals surface area (Å²) in [5, 5.41) is 19.0. The molecule has 1 aliphatic heterocycles. The molecule has 26 heavy (non-hydrogen) atoms. The monoisotopic (exact) mass is 429 g/mol. The first kappa shape index (κ1) is 21.9. The maximum absolute atomic E-state index is 9.55. The van der Waals surface area contributed by atoms with E-state index in [0.29, 0.717) is 12.2 Å². The van der Waals surface area contributed by atoms with Gasteiger partial charge in [0.05, 0.1) is 18.5 Å². The van der Waals surface area contributed by atoms with Crippen molar-refractivity contribution in [1.82, 2.24) is 10.3 Å². The molecule has 0 atom stereocenters. The first-order valence-corrected chi connectivity index (χ1v) is 9.11. The first-order chi connectivity index (χ1) is 12.4.